The summed E-state index contributed by atoms with van der Waals surface area (Å²) in [6.45, 7) is 8.62. The van der Waals surface area contributed by atoms with E-state index in [2.05, 4.69) is 20.9 Å². The summed E-state index contributed by atoms with van der Waals surface area (Å²) >= 11 is 5.29. The highest BCUT2D eigenvalue weighted by Gasteiger charge is 2.17. The van der Waals surface area contributed by atoms with E-state index in [0.717, 1.165) is 32.2 Å². The molecule has 0 saturated heterocycles. The van der Waals surface area contributed by atoms with Gasteiger partial charge in [-0.25, -0.2) is 0 Å². The zero-order valence-electron chi connectivity index (χ0n) is 16.8. The SMILES string of the molecule is CC(C)N=NC(C)(C)NC(=S)NCCCCCCC(=O)Oc1ccccc1. The van der Waals surface area contributed by atoms with Crippen LogP contribution in [0.1, 0.15) is 59.8 Å². The number of nitrogens with zero attached hydrogens (tertiary/aromatic N) is 2. The van der Waals surface area contributed by atoms with Crippen molar-refractivity contribution in [3.8, 4) is 5.75 Å². The van der Waals surface area contributed by atoms with Gasteiger partial charge in [0.1, 0.15) is 11.4 Å². The molecule has 0 aliphatic rings. The Bertz CT molecular complexity index is 603. The van der Waals surface area contributed by atoms with E-state index in [1.54, 1.807) is 12.1 Å². The molecule has 1 rings (SSSR count). The van der Waals surface area contributed by atoms with Gasteiger partial charge in [-0.1, -0.05) is 31.0 Å². The average Bonchev–Trinajstić information content (AvgIpc) is 2.59. The summed E-state index contributed by atoms with van der Waals surface area (Å²) in [4.78, 5) is 11.7. The fourth-order valence-corrected chi connectivity index (χ4v) is 2.58. The van der Waals surface area contributed by atoms with E-state index >= 15 is 0 Å². The van der Waals surface area contributed by atoms with Crippen LogP contribution in [0.25, 0.3) is 0 Å². The number of rotatable bonds is 11. The number of unbranched alkanes of at least 4 members (excludes halogenated alkanes) is 3. The van der Waals surface area contributed by atoms with Crippen molar-refractivity contribution in [3.63, 3.8) is 0 Å². The number of benzene rings is 1. The second-order valence-corrected chi connectivity index (χ2v) is 7.61. The topological polar surface area (TPSA) is 75.1 Å². The number of esters is 1. The molecular formula is C20H32N4O2S. The van der Waals surface area contributed by atoms with Crippen LogP contribution in [0.3, 0.4) is 0 Å². The Kier molecular flexibility index (Phi) is 10.6. The van der Waals surface area contributed by atoms with Crippen molar-refractivity contribution in [1.29, 1.82) is 0 Å². The highest BCUT2D eigenvalue weighted by Crippen LogP contribution is 2.11. The number of nitrogens with one attached hydrogen (secondary N) is 2. The summed E-state index contributed by atoms with van der Waals surface area (Å²) in [5.74, 6) is 0.422. The zero-order chi connectivity index (χ0) is 20.1. The summed E-state index contributed by atoms with van der Waals surface area (Å²) in [7, 11) is 0. The summed E-state index contributed by atoms with van der Waals surface area (Å²) in [6.07, 6.45) is 4.28. The van der Waals surface area contributed by atoms with Gasteiger partial charge in [0.05, 0.1) is 6.04 Å². The van der Waals surface area contributed by atoms with Crippen molar-refractivity contribution in [2.75, 3.05) is 6.54 Å². The number of azo groups is 1. The van der Waals surface area contributed by atoms with Gasteiger partial charge in [0.25, 0.3) is 0 Å². The van der Waals surface area contributed by atoms with Crippen LogP contribution in [0, 0.1) is 0 Å². The molecular weight excluding hydrogens is 360 g/mol. The van der Waals surface area contributed by atoms with Crippen molar-refractivity contribution in [3.05, 3.63) is 30.3 Å². The van der Waals surface area contributed by atoms with E-state index in [-0.39, 0.29) is 12.0 Å². The van der Waals surface area contributed by atoms with E-state index in [0.29, 0.717) is 17.3 Å². The van der Waals surface area contributed by atoms with Crippen LogP contribution in [-0.4, -0.2) is 29.3 Å². The molecule has 0 aliphatic heterocycles. The minimum absolute atomic E-state index is 0.164. The molecule has 0 aliphatic carbocycles. The van der Waals surface area contributed by atoms with E-state index in [4.69, 9.17) is 17.0 Å². The molecule has 6 nitrogen and oxygen atoms in total. The Morgan fingerprint density at radius 1 is 1.15 bits per heavy atom. The standard InChI is InChI=1S/C20H32N4O2S/c1-16(2)23-24-20(3,4)22-19(27)21-15-11-6-5-10-14-18(25)26-17-12-8-7-9-13-17/h7-9,12-13,16H,5-6,10-11,14-15H2,1-4H3,(H2,21,22,27). The molecule has 27 heavy (non-hydrogen) atoms. The fourth-order valence-electron chi connectivity index (χ4n) is 2.23. The number of thiocarbonyl (C=S) groups is 1. The Morgan fingerprint density at radius 2 is 1.81 bits per heavy atom. The number of hydrogen-bond donors (Lipinski definition) is 2. The molecule has 0 atom stereocenters. The summed E-state index contributed by atoms with van der Waals surface area (Å²) in [5, 5.41) is 15.3. The third-order valence-electron chi connectivity index (χ3n) is 3.53. The van der Waals surface area contributed by atoms with E-state index in [9.17, 15) is 4.79 Å². The summed E-state index contributed by atoms with van der Waals surface area (Å²) in [6, 6.07) is 9.32. The van der Waals surface area contributed by atoms with Crippen LogP contribution in [0.5, 0.6) is 5.75 Å². The van der Waals surface area contributed by atoms with Gasteiger partial charge in [-0.2, -0.15) is 10.2 Å². The molecule has 1 aromatic carbocycles. The first-order valence-corrected chi connectivity index (χ1v) is 9.93. The van der Waals surface area contributed by atoms with Crippen molar-refractivity contribution in [2.45, 2.75) is 71.5 Å². The lowest BCUT2D eigenvalue weighted by atomic mass is 10.1. The van der Waals surface area contributed by atoms with Crippen molar-refractivity contribution in [1.82, 2.24) is 10.6 Å². The van der Waals surface area contributed by atoms with Crippen LogP contribution < -0.4 is 15.4 Å². The number of carbonyl (C=O) groups is 1. The number of para-hydroxylation sites is 1. The molecule has 0 saturated carbocycles. The van der Waals surface area contributed by atoms with Gasteiger partial charge in [0.15, 0.2) is 5.11 Å². The molecule has 0 spiro atoms. The largest absolute Gasteiger partial charge is 0.427 e. The van der Waals surface area contributed by atoms with Gasteiger partial charge in [-0.05, 0) is 64.9 Å². The van der Waals surface area contributed by atoms with Gasteiger partial charge >= 0.3 is 5.97 Å². The van der Waals surface area contributed by atoms with E-state index < -0.39 is 5.66 Å². The molecule has 0 aromatic heterocycles. The van der Waals surface area contributed by atoms with E-state index in [1.165, 1.54) is 0 Å². The van der Waals surface area contributed by atoms with Gasteiger partial charge in [0.2, 0.25) is 0 Å². The smallest absolute Gasteiger partial charge is 0.311 e. The second kappa shape index (κ2) is 12.4. The first-order chi connectivity index (χ1) is 12.8. The first-order valence-electron chi connectivity index (χ1n) is 9.52. The molecule has 150 valence electrons. The summed E-state index contributed by atoms with van der Waals surface area (Å²) < 4.78 is 5.26. The maximum atomic E-state index is 11.7. The molecule has 0 bridgehead atoms. The normalized spacial score (nSPS) is 11.6. The van der Waals surface area contributed by atoms with Gasteiger partial charge < -0.3 is 15.4 Å². The van der Waals surface area contributed by atoms with Crippen molar-refractivity contribution < 1.29 is 9.53 Å². The minimum Gasteiger partial charge on any atom is -0.427 e. The fraction of sp³-hybridized carbons (Fsp3) is 0.600. The maximum Gasteiger partial charge on any atom is 0.311 e. The van der Waals surface area contributed by atoms with Gasteiger partial charge in [-0.3, -0.25) is 4.79 Å². The quantitative estimate of drug-likeness (QED) is 0.189. The predicted molar refractivity (Wildman–Crippen MR) is 113 cm³/mol. The van der Waals surface area contributed by atoms with Crippen LogP contribution in [0.2, 0.25) is 0 Å². The average molecular weight is 393 g/mol. The zero-order valence-corrected chi connectivity index (χ0v) is 17.6. The van der Waals surface area contributed by atoms with Crippen LogP contribution >= 0.6 is 12.2 Å². The molecule has 0 amide bonds. The highest BCUT2D eigenvalue weighted by atomic mass is 32.1. The second-order valence-electron chi connectivity index (χ2n) is 7.20. The monoisotopic (exact) mass is 392 g/mol. The third-order valence-corrected chi connectivity index (χ3v) is 3.77. The number of ether oxygens (including phenoxy) is 1. The van der Waals surface area contributed by atoms with Gasteiger partial charge in [0, 0.05) is 13.0 Å². The number of carbonyl (C=O) groups excluding carboxylic acids is 1. The Hall–Kier alpha value is -2.02. The van der Waals surface area contributed by atoms with E-state index in [1.807, 2.05) is 45.9 Å². The Labute approximate surface area is 168 Å². The molecule has 0 unspecified atom stereocenters. The molecule has 0 fully saturated rings. The van der Waals surface area contributed by atoms with Crippen molar-refractivity contribution in [2.24, 2.45) is 10.2 Å². The lowest BCUT2D eigenvalue weighted by molar-refractivity contribution is -0.134. The first kappa shape index (κ1) is 23.0. The molecule has 1 aromatic rings. The van der Waals surface area contributed by atoms with Crippen LogP contribution in [0.15, 0.2) is 40.6 Å². The molecule has 2 N–H and O–H groups in total. The third kappa shape index (κ3) is 12.1. The Balaban J connectivity index is 2.06. The number of hydrogen-bond acceptors (Lipinski definition) is 5. The molecule has 0 heterocycles. The van der Waals surface area contributed by atoms with Crippen molar-refractivity contribution >= 4 is 23.3 Å². The summed E-state index contributed by atoms with van der Waals surface area (Å²) in [5.41, 5.74) is -0.520. The predicted octanol–water partition coefficient (Wildman–Crippen LogP) is 4.60. The Morgan fingerprint density at radius 3 is 2.48 bits per heavy atom. The highest BCUT2D eigenvalue weighted by molar-refractivity contribution is 7.80. The molecule has 7 heteroatoms. The lowest BCUT2D eigenvalue weighted by Crippen LogP contribution is -2.47. The molecule has 0 radical (unpaired) electrons. The van der Waals surface area contributed by atoms with Gasteiger partial charge in [-0.15, -0.1) is 0 Å². The van der Waals surface area contributed by atoms with Crippen LogP contribution in [0.4, 0.5) is 0 Å². The maximum absolute atomic E-state index is 11.7. The minimum atomic E-state index is -0.520. The lowest BCUT2D eigenvalue weighted by Gasteiger charge is -2.22. The van der Waals surface area contributed by atoms with Crippen LogP contribution in [-0.2, 0) is 4.79 Å².